The summed E-state index contributed by atoms with van der Waals surface area (Å²) in [5.74, 6) is 0.957. The Labute approximate surface area is 253 Å². The van der Waals surface area contributed by atoms with Gasteiger partial charge in [0.15, 0.2) is 0 Å². The fourth-order valence-corrected chi connectivity index (χ4v) is 10.5. The molecule has 3 aliphatic rings. The average Bonchev–Trinajstić information content (AvgIpc) is 3.58. The Balaban J connectivity index is 1.33. The summed E-state index contributed by atoms with van der Waals surface area (Å²) in [6.45, 7) is 10.2. The van der Waals surface area contributed by atoms with Crippen LogP contribution in [-0.2, 0) is 10.8 Å². The molecule has 0 saturated carbocycles. The van der Waals surface area contributed by atoms with Crippen molar-refractivity contribution in [2.24, 2.45) is 11.8 Å². The predicted molar refractivity (Wildman–Crippen MR) is 182 cm³/mol. The molecule has 4 unspecified atom stereocenters. The van der Waals surface area contributed by atoms with Gasteiger partial charge in [-0.05, 0) is 100 Å². The molecule has 0 bridgehead atoms. The highest BCUT2D eigenvalue weighted by atomic mass is 15.3. The van der Waals surface area contributed by atoms with Gasteiger partial charge in [0.05, 0.1) is 12.1 Å². The summed E-state index contributed by atoms with van der Waals surface area (Å²) < 4.78 is 0. The van der Waals surface area contributed by atoms with Crippen LogP contribution in [0.3, 0.4) is 0 Å². The zero-order chi connectivity index (χ0) is 28.8. The molecule has 10 rings (SSSR count). The molecule has 2 aliphatic carbocycles. The maximum absolute atomic E-state index is 2.86. The van der Waals surface area contributed by atoms with Gasteiger partial charge in [0.2, 0.25) is 0 Å². The van der Waals surface area contributed by atoms with Crippen molar-refractivity contribution >= 4 is 48.8 Å². The average molecular weight is 554 g/mol. The lowest BCUT2D eigenvalue weighted by atomic mass is 9.63. The Hall–Kier alpha value is -4.36. The maximum atomic E-state index is 2.86. The lowest BCUT2D eigenvalue weighted by Crippen LogP contribution is -2.37. The summed E-state index contributed by atoms with van der Waals surface area (Å²) in [7, 11) is 0. The van der Waals surface area contributed by atoms with E-state index in [1.54, 1.807) is 16.7 Å². The van der Waals surface area contributed by atoms with Crippen LogP contribution in [-0.4, -0.2) is 0 Å². The highest BCUT2D eigenvalue weighted by Gasteiger charge is 2.67. The van der Waals surface area contributed by atoms with E-state index in [0.29, 0.717) is 23.9 Å². The molecule has 1 aliphatic heterocycles. The van der Waals surface area contributed by atoms with Crippen LogP contribution in [0.1, 0.15) is 62.0 Å². The Morgan fingerprint density at radius 2 is 1.16 bits per heavy atom. The van der Waals surface area contributed by atoms with Gasteiger partial charge in [-0.2, -0.15) is 0 Å². The quantitative estimate of drug-likeness (QED) is 0.183. The number of nitrogens with zero attached hydrogens (tertiary/aromatic N) is 1. The zero-order valence-corrected chi connectivity index (χ0v) is 25.2. The molecule has 1 saturated heterocycles. The lowest BCUT2D eigenvalue weighted by molar-refractivity contribution is 0.180. The standard InChI is InChI=1S/C42H35N/c1-41(2)32-23-27-18-17-25-12-10-13-26-20-21-30(34(27)33(25)26)35(32)40-38(41)37-39(43(40)28-14-6-5-7-15-28)31-22-19-24-11-8-9-16-29(24)36(31)42(37,3)4/h5-23,37-40H,1-4H3. The molecule has 0 spiro atoms. The summed E-state index contributed by atoms with van der Waals surface area (Å²) in [5, 5.41) is 11.2. The number of hydrogen-bond acceptors (Lipinski definition) is 1. The van der Waals surface area contributed by atoms with Crippen LogP contribution in [0, 0.1) is 11.8 Å². The van der Waals surface area contributed by atoms with Gasteiger partial charge < -0.3 is 4.90 Å². The van der Waals surface area contributed by atoms with E-state index in [2.05, 4.69) is 148 Å². The number of anilines is 1. The van der Waals surface area contributed by atoms with Gasteiger partial charge in [0, 0.05) is 5.69 Å². The zero-order valence-electron chi connectivity index (χ0n) is 25.2. The number of rotatable bonds is 1. The fourth-order valence-electron chi connectivity index (χ4n) is 10.5. The number of para-hydroxylation sites is 1. The molecule has 7 aromatic carbocycles. The second-order valence-corrected chi connectivity index (χ2v) is 14.6. The first kappa shape index (κ1) is 24.1. The summed E-state index contributed by atoms with van der Waals surface area (Å²) >= 11 is 0. The van der Waals surface area contributed by atoms with Gasteiger partial charge in [0.25, 0.3) is 0 Å². The van der Waals surface area contributed by atoms with Crippen LogP contribution in [0.4, 0.5) is 5.69 Å². The van der Waals surface area contributed by atoms with E-state index in [-0.39, 0.29) is 10.8 Å². The summed E-state index contributed by atoms with van der Waals surface area (Å²) in [5.41, 5.74) is 7.60. The minimum atomic E-state index is 0.0199. The highest BCUT2D eigenvalue weighted by Crippen LogP contribution is 2.72. The molecule has 0 N–H and O–H groups in total. The third kappa shape index (κ3) is 2.76. The van der Waals surface area contributed by atoms with Crippen molar-refractivity contribution in [2.75, 3.05) is 4.90 Å². The van der Waals surface area contributed by atoms with Crippen LogP contribution in [0.5, 0.6) is 0 Å². The molecule has 208 valence electrons. The van der Waals surface area contributed by atoms with Crippen molar-refractivity contribution in [2.45, 2.75) is 50.6 Å². The number of fused-ring (bicyclic) bond motifs is 10. The largest absolute Gasteiger partial charge is 0.357 e. The summed E-state index contributed by atoms with van der Waals surface area (Å²) in [6.07, 6.45) is 0. The third-order valence-electron chi connectivity index (χ3n) is 12.0. The van der Waals surface area contributed by atoms with E-state index in [1.807, 2.05) is 0 Å². The Morgan fingerprint density at radius 3 is 1.98 bits per heavy atom. The maximum Gasteiger partial charge on any atom is 0.0598 e. The van der Waals surface area contributed by atoms with E-state index in [1.165, 1.54) is 54.3 Å². The molecular formula is C42H35N. The Bertz CT molecular complexity index is 2260. The minimum Gasteiger partial charge on any atom is -0.357 e. The van der Waals surface area contributed by atoms with Gasteiger partial charge in [-0.15, -0.1) is 0 Å². The second kappa shape index (κ2) is 7.77. The molecule has 1 heteroatoms. The van der Waals surface area contributed by atoms with Crippen LogP contribution in [0.15, 0.2) is 115 Å². The topological polar surface area (TPSA) is 3.24 Å². The molecule has 0 radical (unpaired) electrons. The smallest absolute Gasteiger partial charge is 0.0598 e. The lowest BCUT2D eigenvalue weighted by Gasteiger charge is -2.39. The van der Waals surface area contributed by atoms with Crippen molar-refractivity contribution in [1.29, 1.82) is 0 Å². The SMILES string of the molecule is CC1(C)c2cc3ccc4cccc5ccc(c2C2C1C1C(c6ccc7ccccc7c6C1(C)C)N2c1ccccc1)c3c45. The van der Waals surface area contributed by atoms with E-state index in [0.717, 1.165) is 0 Å². The van der Waals surface area contributed by atoms with Crippen molar-refractivity contribution in [3.63, 3.8) is 0 Å². The molecule has 4 atom stereocenters. The normalized spacial score (nSPS) is 24.6. The monoisotopic (exact) mass is 553 g/mol. The third-order valence-corrected chi connectivity index (χ3v) is 12.0. The van der Waals surface area contributed by atoms with Crippen LogP contribution in [0.2, 0.25) is 0 Å². The molecule has 0 amide bonds. The first-order chi connectivity index (χ1) is 20.9. The number of hydrogen-bond donors (Lipinski definition) is 0. The van der Waals surface area contributed by atoms with Crippen molar-refractivity contribution < 1.29 is 0 Å². The van der Waals surface area contributed by atoms with Crippen molar-refractivity contribution in [3.05, 3.63) is 138 Å². The summed E-state index contributed by atoms with van der Waals surface area (Å²) in [4.78, 5) is 2.86. The van der Waals surface area contributed by atoms with Crippen LogP contribution >= 0.6 is 0 Å². The second-order valence-electron chi connectivity index (χ2n) is 14.6. The van der Waals surface area contributed by atoms with Crippen LogP contribution < -0.4 is 4.90 Å². The van der Waals surface area contributed by atoms with Gasteiger partial charge >= 0.3 is 0 Å². The van der Waals surface area contributed by atoms with Crippen molar-refractivity contribution in [1.82, 2.24) is 0 Å². The molecule has 1 nitrogen and oxygen atoms in total. The van der Waals surface area contributed by atoms with E-state index in [4.69, 9.17) is 0 Å². The molecular weight excluding hydrogens is 518 g/mol. The van der Waals surface area contributed by atoms with Gasteiger partial charge in [0.1, 0.15) is 0 Å². The predicted octanol–water partition coefficient (Wildman–Crippen LogP) is 10.9. The van der Waals surface area contributed by atoms with Gasteiger partial charge in [-0.3, -0.25) is 0 Å². The van der Waals surface area contributed by atoms with Gasteiger partial charge in [-0.1, -0.05) is 131 Å². The number of benzene rings is 7. The minimum absolute atomic E-state index is 0.0199. The van der Waals surface area contributed by atoms with Gasteiger partial charge in [-0.25, -0.2) is 0 Å². The molecule has 1 fully saturated rings. The molecule has 1 heterocycles. The Kier molecular flexibility index (Phi) is 4.36. The van der Waals surface area contributed by atoms with E-state index >= 15 is 0 Å². The summed E-state index contributed by atoms with van der Waals surface area (Å²) in [6, 6.07) is 44.7. The molecule has 43 heavy (non-hydrogen) atoms. The fraction of sp³-hybridized carbons (Fsp3) is 0.238. The van der Waals surface area contributed by atoms with E-state index < -0.39 is 0 Å². The van der Waals surface area contributed by atoms with E-state index in [9.17, 15) is 0 Å². The first-order valence-electron chi connectivity index (χ1n) is 15.9. The molecule has 0 aromatic heterocycles. The van der Waals surface area contributed by atoms with Crippen molar-refractivity contribution in [3.8, 4) is 0 Å². The molecule has 7 aromatic rings. The highest BCUT2D eigenvalue weighted by molar-refractivity contribution is 6.24. The Morgan fingerprint density at radius 1 is 0.512 bits per heavy atom. The van der Waals surface area contributed by atoms with Crippen LogP contribution in [0.25, 0.3) is 43.1 Å². The first-order valence-corrected chi connectivity index (χ1v) is 15.9.